The molecule has 5 nitrogen and oxygen atoms in total. The summed E-state index contributed by atoms with van der Waals surface area (Å²) in [5.74, 6) is 0.222. The third-order valence-corrected chi connectivity index (χ3v) is 5.20. The summed E-state index contributed by atoms with van der Waals surface area (Å²) in [5, 5.41) is 5.85. The molecule has 3 rings (SSSR count). The number of nitrogens with one attached hydrogen (secondary N) is 2. The minimum absolute atomic E-state index is 0.155. The molecule has 5 heteroatoms. The number of ether oxygens (including phenoxy) is 1. The molecular formula is C27H30N2O3. The quantitative estimate of drug-likeness (QED) is 0.388. The summed E-state index contributed by atoms with van der Waals surface area (Å²) in [6.45, 7) is 4.75. The first kappa shape index (κ1) is 23.1. The molecule has 0 unspecified atom stereocenters. The number of para-hydroxylation sites is 1. The average Bonchev–Trinajstić information content (AvgIpc) is 2.83. The molecule has 3 aromatic carbocycles. The van der Waals surface area contributed by atoms with Crippen LogP contribution in [0.5, 0.6) is 5.75 Å². The second kappa shape index (κ2) is 11.7. The molecule has 32 heavy (non-hydrogen) atoms. The second-order valence-electron chi connectivity index (χ2n) is 7.69. The number of carbonyl (C=O) groups excluding carboxylic acids is 2. The van der Waals surface area contributed by atoms with Crippen LogP contribution >= 0.6 is 0 Å². The van der Waals surface area contributed by atoms with Crippen molar-refractivity contribution in [2.24, 2.45) is 0 Å². The maximum Gasteiger partial charge on any atom is 0.255 e. The summed E-state index contributed by atoms with van der Waals surface area (Å²) in [6, 6.07) is 23.6. The molecule has 166 valence electrons. The minimum Gasteiger partial charge on any atom is -0.494 e. The Hall–Kier alpha value is -3.60. The number of amides is 2. The van der Waals surface area contributed by atoms with Gasteiger partial charge in [-0.25, -0.2) is 0 Å². The molecule has 0 aliphatic rings. The highest BCUT2D eigenvalue weighted by molar-refractivity contribution is 6.09. The van der Waals surface area contributed by atoms with Gasteiger partial charge in [0.1, 0.15) is 5.75 Å². The Morgan fingerprint density at radius 3 is 2.25 bits per heavy atom. The smallest absolute Gasteiger partial charge is 0.255 e. The number of unbranched alkanes of at least 4 members (excludes halogenated alkanes) is 2. The molecule has 0 bridgehead atoms. The zero-order valence-electron chi connectivity index (χ0n) is 18.6. The molecule has 0 spiro atoms. The molecule has 0 aromatic heterocycles. The van der Waals surface area contributed by atoms with Crippen LogP contribution in [0.1, 0.15) is 65.4 Å². The van der Waals surface area contributed by atoms with Crippen LogP contribution in [0.25, 0.3) is 0 Å². The van der Waals surface area contributed by atoms with E-state index in [1.807, 2.05) is 37.3 Å². The van der Waals surface area contributed by atoms with Crippen LogP contribution in [0.2, 0.25) is 0 Å². The van der Waals surface area contributed by atoms with Crippen molar-refractivity contribution in [1.82, 2.24) is 5.32 Å². The summed E-state index contributed by atoms with van der Waals surface area (Å²) >= 11 is 0. The van der Waals surface area contributed by atoms with Crippen molar-refractivity contribution in [2.75, 3.05) is 11.9 Å². The second-order valence-corrected chi connectivity index (χ2v) is 7.69. The maximum atomic E-state index is 12.9. The highest BCUT2D eigenvalue weighted by Gasteiger charge is 2.16. The van der Waals surface area contributed by atoms with Crippen molar-refractivity contribution in [2.45, 2.75) is 39.2 Å². The Labute approximate surface area is 189 Å². The predicted octanol–water partition coefficient (Wildman–Crippen LogP) is 6.00. The van der Waals surface area contributed by atoms with E-state index in [0.29, 0.717) is 23.4 Å². The van der Waals surface area contributed by atoms with E-state index in [1.54, 1.807) is 48.5 Å². The fourth-order valence-corrected chi connectivity index (χ4v) is 3.33. The van der Waals surface area contributed by atoms with Gasteiger partial charge in [0, 0.05) is 5.56 Å². The molecular weight excluding hydrogens is 400 g/mol. The monoisotopic (exact) mass is 430 g/mol. The van der Waals surface area contributed by atoms with Crippen molar-refractivity contribution in [1.29, 1.82) is 0 Å². The van der Waals surface area contributed by atoms with E-state index < -0.39 is 0 Å². The Bertz CT molecular complexity index is 1020. The van der Waals surface area contributed by atoms with Crippen LogP contribution < -0.4 is 15.4 Å². The van der Waals surface area contributed by atoms with Crippen molar-refractivity contribution >= 4 is 17.5 Å². The first-order chi connectivity index (χ1) is 15.6. The summed E-state index contributed by atoms with van der Waals surface area (Å²) in [4.78, 5) is 25.6. The predicted molar refractivity (Wildman–Crippen MR) is 128 cm³/mol. The molecule has 0 radical (unpaired) electrons. The molecule has 0 aliphatic heterocycles. The lowest BCUT2D eigenvalue weighted by Crippen LogP contribution is -2.28. The lowest BCUT2D eigenvalue weighted by Gasteiger charge is -2.16. The van der Waals surface area contributed by atoms with Crippen LogP contribution in [0.15, 0.2) is 78.9 Å². The van der Waals surface area contributed by atoms with Crippen molar-refractivity contribution in [3.8, 4) is 5.75 Å². The molecule has 2 amide bonds. The maximum absolute atomic E-state index is 12.9. The molecule has 1 atom stereocenters. The fourth-order valence-electron chi connectivity index (χ4n) is 3.33. The van der Waals surface area contributed by atoms with Crippen molar-refractivity contribution in [3.05, 3.63) is 95.6 Å². The van der Waals surface area contributed by atoms with Gasteiger partial charge >= 0.3 is 0 Å². The number of hydrogen-bond acceptors (Lipinski definition) is 3. The first-order valence-corrected chi connectivity index (χ1v) is 11.1. The van der Waals surface area contributed by atoms with Gasteiger partial charge in [0.25, 0.3) is 11.8 Å². The highest BCUT2D eigenvalue weighted by atomic mass is 16.5. The van der Waals surface area contributed by atoms with Crippen LogP contribution in [-0.4, -0.2) is 18.4 Å². The van der Waals surface area contributed by atoms with Gasteiger partial charge in [0.2, 0.25) is 0 Å². The van der Waals surface area contributed by atoms with Gasteiger partial charge in [-0.15, -0.1) is 0 Å². The number of anilines is 1. The van der Waals surface area contributed by atoms with E-state index in [9.17, 15) is 9.59 Å². The Morgan fingerprint density at radius 1 is 0.844 bits per heavy atom. The topological polar surface area (TPSA) is 67.4 Å². The lowest BCUT2D eigenvalue weighted by atomic mass is 10.1. The summed E-state index contributed by atoms with van der Waals surface area (Å²) in [7, 11) is 0. The number of carbonyl (C=O) groups is 2. The van der Waals surface area contributed by atoms with E-state index in [-0.39, 0.29) is 17.9 Å². The normalized spacial score (nSPS) is 11.4. The summed E-state index contributed by atoms with van der Waals surface area (Å²) < 4.78 is 5.70. The molecule has 0 saturated heterocycles. The van der Waals surface area contributed by atoms with Gasteiger partial charge < -0.3 is 15.4 Å². The van der Waals surface area contributed by atoms with E-state index in [0.717, 1.165) is 30.6 Å². The lowest BCUT2D eigenvalue weighted by molar-refractivity contribution is 0.0940. The number of benzene rings is 3. The van der Waals surface area contributed by atoms with E-state index in [2.05, 4.69) is 17.6 Å². The minimum atomic E-state index is -0.279. The van der Waals surface area contributed by atoms with Crippen LogP contribution in [0, 0.1) is 0 Å². The molecule has 3 aromatic rings. The molecule has 0 aliphatic carbocycles. The zero-order chi connectivity index (χ0) is 22.8. The summed E-state index contributed by atoms with van der Waals surface area (Å²) in [6.07, 6.45) is 3.30. The van der Waals surface area contributed by atoms with E-state index >= 15 is 0 Å². The molecule has 0 fully saturated rings. The summed E-state index contributed by atoms with van der Waals surface area (Å²) in [5.41, 5.74) is 2.40. The number of rotatable bonds is 10. The van der Waals surface area contributed by atoms with Gasteiger partial charge in [-0.1, -0.05) is 62.2 Å². The third kappa shape index (κ3) is 6.45. The average molecular weight is 431 g/mol. The van der Waals surface area contributed by atoms with Gasteiger partial charge in [-0.3, -0.25) is 9.59 Å². The van der Waals surface area contributed by atoms with Crippen molar-refractivity contribution in [3.63, 3.8) is 0 Å². The molecule has 0 heterocycles. The highest BCUT2D eigenvalue weighted by Crippen LogP contribution is 2.20. The zero-order valence-corrected chi connectivity index (χ0v) is 18.6. The standard InChI is InChI=1S/C27H30N2O3/c1-3-4-10-19-32-23-17-15-22(16-18-23)26(30)29-25-14-9-8-13-24(25)27(31)28-20(2)21-11-6-5-7-12-21/h5-9,11-18,20H,3-4,10,19H2,1-2H3,(H,28,31)(H,29,30)/t20-/m1/s1. The SMILES string of the molecule is CCCCCOc1ccc(C(=O)Nc2ccccc2C(=O)N[C@H](C)c2ccccc2)cc1. The Morgan fingerprint density at radius 2 is 1.53 bits per heavy atom. The van der Waals surface area contributed by atoms with E-state index in [4.69, 9.17) is 4.74 Å². The number of hydrogen-bond donors (Lipinski definition) is 2. The first-order valence-electron chi connectivity index (χ1n) is 11.1. The van der Waals surface area contributed by atoms with Crippen LogP contribution in [0.4, 0.5) is 5.69 Å². The van der Waals surface area contributed by atoms with Crippen molar-refractivity contribution < 1.29 is 14.3 Å². The Balaban J connectivity index is 1.64. The van der Waals surface area contributed by atoms with Gasteiger partial charge in [0.15, 0.2) is 0 Å². The molecule has 0 saturated carbocycles. The van der Waals surface area contributed by atoms with Crippen LogP contribution in [0.3, 0.4) is 0 Å². The van der Waals surface area contributed by atoms with E-state index in [1.165, 1.54) is 0 Å². The Kier molecular flexibility index (Phi) is 8.44. The van der Waals surface area contributed by atoms with Crippen LogP contribution in [-0.2, 0) is 0 Å². The largest absolute Gasteiger partial charge is 0.494 e. The van der Waals surface area contributed by atoms with Gasteiger partial charge in [0.05, 0.1) is 23.9 Å². The van der Waals surface area contributed by atoms with Gasteiger partial charge in [-0.05, 0) is 55.3 Å². The fraction of sp³-hybridized carbons (Fsp3) is 0.259. The molecule has 2 N–H and O–H groups in total. The van der Waals surface area contributed by atoms with Gasteiger partial charge in [-0.2, -0.15) is 0 Å². The third-order valence-electron chi connectivity index (χ3n) is 5.20.